The fraction of sp³-hybridized carbons (Fsp3) is 0.333. The molecule has 0 fully saturated rings. The normalized spacial score (nSPS) is 10.5. The van der Waals surface area contributed by atoms with E-state index < -0.39 is 0 Å². The maximum absolute atomic E-state index is 5.98. The Bertz CT molecular complexity index is 507. The molecule has 5 heteroatoms. The molecule has 0 aromatic carbocycles. The van der Waals surface area contributed by atoms with Crippen LogP contribution in [0.15, 0.2) is 24.5 Å². The molecule has 2 rings (SSSR count). The van der Waals surface area contributed by atoms with Gasteiger partial charge >= 0.3 is 0 Å². The van der Waals surface area contributed by atoms with Crippen LogP contribution in [0.5, 0.6) is 0 Å². The zero-order chi connectivity index (χ0) is 12.3. The molecule has 0 aliphatic rings. The number of hydrogen-bond donors (Lipinski definition) is 1. The van der Waals surface area contributed by atoms with Crippen molar-refractivity contribution in [2.45, 2.75) is 20.4 Å². The number of rotatable bonds is 4. The van der Waals surface area contributed by atoms with Gasteiger partial charge in [0, 0.05) is 18.3 Å². The second-order valence-corrected chi connectivity index (χ2v) is 4.18. The maximum atomic E-state index is 5.98. The molecule has 1 N–H and O–H groups in total. The minimum atomic E-state index is 0.675. The van der Waals surface area contributed by atoms with Crippen molar-refractivity contribution >= 4 is 17.4 Å². The molecular weight excluding hydrogens is 236 g/mol. The molecule has 0 aliphatic heterocycles. The highest BCUT2D eigenvalue weighted by atomic mass is 35.5. The topological polar surface area (TPSA) is 42.7 Å². The van der Waals surface area contributed by atoms with Crippen LogP contribution in [-0.2, 0) is 6.54 Å². The molecule has 0 aliphatic carbocycles. The van der Waals surface area contributed by atoms with E-state index in [0.717, 1.165) is 23.6 Å². The van der Waals surface area contributed by atoms with Crippen LogP contribution >= 0.6 is 11.6 Å². The van der Waals surface area contributed by atoms with Crippen LogP contribution in [0.4, 0.5) is 5.82 Å². The average Bonchev–Trinajstić information content (AvgIpc) is 2.64. The molecule has 0 amide bonds. The molecule has 17 heavy (non-hydrogen) atoms. The summed E-state index contributed by atoms with van der Waals surface area (Å²) in [5.41, 5.74) is 2.08. The molecule has 4 nitrogen and oxygen atoms in total. The van der Waals surface area contributed by atoms with E-state index in [1.54, 1.807) is 12.4 Å². The molecule has 0 radical (unpaired) electrons. The first-order chi connectivity index (χ1) is 8.22. The van der Waals surface area contributed by atoms with Gasteiger partial charge in [-0.05, 0) is 19.9 Å². The molecule has 0 saturated heterocycles. The van der Waals surface area contributed by atoms with Gasteiger partial charge in [-0.15, -0.1) is 0 Å². The third-order valence-corrected chi connectivity index (χ3v) is 2.97. The third kappa shape index (κ3) is 2.58. The van der Waals surface area contributed by atoms with Crippen molar-refractivity contribution in [1.82, 2.24) is 14.8 Å². The Morgan fingerprint density at radius 3 is 2.94 bits per heavy atom. The van der Waals surface area contributed by atoms with Gasteiger partial charge in [0.1, 0.15) is 5.82 Å². The first-order valence-electron chi connectivity index (χ1n) is 5.58. The molecule has 0 atom stereocenters. The van der Waals surface area contributed by atoms with Crippen molar-refractivity contribution in [3.8, 4) is 0 Å². The van der Waals surface area contributed by atoms with Crippen LogP contribution in [0.3, 0.4) is 0 Å². The second kappa shape index (κ2) is 5.19. The summed E-state index contributed by atoms with van der Waals surface area (Å²) in [7, 11) is 0. The lowest BCUT2D eigenvalue weighted by Crippen LogP contribution is -2.08. The van der Waals surface area contributed by atoms with Gasteiger partial charge in [-0.1, -0.05) is 17.7 Å². The molecule has 2 aromatic rings. The lowest BCUT2D eigenvalue weighted by molar-refractivity contribution is 0.664. The van der Waals surface area contributed by atoms with E-state index in [9.17, 15) is 0 Å². The summed E-state index contributed by atoms with van der Waals surface area (Å²) >= 11 is 5.98. The van der Waals surface area contributed by atoms with E-state index >= 15 is 0 Å². The van der Waals surface area contributed by atoms with Gasteiger partial charge in [-0.3, -0.25) is 4.68 Å². The lowest BCUT2D eigenvalue weighted by atomic mass is 10.2. The van der Waals surface area contributed by atoms with Gasteiger partial charge in [0.05, 0.1) is 23.5 Å². The summed E-state index contributed by atoms with van der Waals surface area (Å²) in [6.45, 7) is 5.53. The minimum Gasteiger partial charge on any atom is -0.370 e. The van der Waals surface area contributed by atoms with Crippen LogP contribution in [-0.4, -0.2) is 21.3 Å². The highest BCUT2D eigenvalue weighted by Gasteiger charge is 2.07. The van der Waals surface area contributed by atoms with Crippen molar-refractivity contribution in [3.05, 3.63) is 40.8 Å². The maximum Gasteiger partial charge on any atom is 0.130 e. The van der Waals surface area contributed by atoms with Crippen LogP contribution < -0.4 is 5.32 Å². The number of hydrogen-bond acceptors (Lipinski definition) is 3. The standard InChI is InChI=1S/C12H15ClN4/c1-3-14-12-10(5-4-6-15-12)8-17-9(2)11(13)7-16-17/h4-7H,3,8H2,1-2H3,(H,14,15). The zero-order valence-electron chi connectivity index (χ0n) is 9.94. The first-order valence-corrected chi connectivity index (χ1v) is 5.96. The smallest absolute Gasteiger partial charge is 0.130 e. The SMILES string of the molecule is CCNc1ncccc1Cn1ncc(Cl)c1C. The number of anilines is 1. The number of nitrogens with one attached hydrogen (secondary N) is 1. The lowest BCUT2D eigenvalue weighted by Gasteiger charge is -2.10. The first kappa shape index (κ1) is 11.9. The van der Waals surface area contributed by atoms with E-state index in [1.165, 1.54) is 0 Å². The Hall–Kier alpha value is -1.55. The number of nitrogens with zero attached hydrogens (tertiary/aromatic N) is 3. The third-order valence-electron chi connectivity index (χ3n) is 2.60. The summed E-state index contributed by atoms with van der Waals surface area (Å²) in [6, 6.07) is 3.97. The molecule has 0 unspecified atom stereocenters. The molecular formula is C12H15ClN4. The highest BCUT2D eigenvalue weighted by molar-refractivity contribution is 6.31. The van der Waals surface area contributed by atoms with Crippen LogP contribution in [0.2, 0.25) is 5.02 Å². The fourth-order valence-electron chi connectivity index (χ4n) is 1.64. The zero-order valence-corrected chi connectivity index (χ0v) is 10.7. The summed E-state index contributed by atoms with van der Waals surface area (Å²) in [6.07, 6.45) is 3.45. The van der Waals surface area contributed by atoms with Crippen LogP contribution in [0.1, 0.15) is 18.2 Å². The van der Waals surface area contributed by atoms with E-state index in [-0.39, 0.29) is 0 Å². The fourth-order valence-corrected chi connectivity index (χ4v) is 1.78. The van der Waals surface area contributed by atoms with Crippen molar-refractivity contribution in [1.29, 1.82) is 0 Å². The van der Waals surface area contributed by atoms with E-state index in [2.05, 4.69) is 22.3 Å². The van der Waals surface area contributed by atoms with E-state index in [4.69, 9.17) is 11.6 Å². The van der Waals surface area contributed by atoms with Crippen molar-refractivity contribution < 1.29 is 0 Å². The van der Waals surface area contributed by atoms with Crippen LogP contribution in [0, 0.1) is 6.92 Å². The van der Waals surface area contributed by atoms with E-state index in [0.29, 0.717) is 11.6 Å². The Balaban J connectivity index is 2.26. The highest BCUT2D eigenvalue weighted by Crippen LogP contribution is 2.17. The largest absolute Gasteiger partial charge is 0.370 e. The Kier molecular flexibility index (Phi) is 3.64. The predicted molar refractivity (Wildman–Crippen MR) is 69.5 cm³/mol. The minimum absolute atomic E-state index is 0.675. The number of halogens is 1. The van der Waals surface area contributed by atoms with Gasteiger partial charge in [-0.25, -0.2) is 4.98 Å². The van der Waals surface area contributed by atoms with Crippen molar-refractivity contribution in [2.75, 3.05) is 11.9 Å². The molecule has 90 valence electrons. The predicted octanol–water partition coefficient (Wildman–Crippen LogP) is 2.72. The number of aromatic nitrogens is 3. The van der Waals surface area contributed by atoms with Gasteiger partial charge in [0.2, 0.25) is 0 Å². The Morgan fingerprint density at radius 2 is 2.29 bits per heavy atom. The summed E-state index contributed by atoms with van der Waals surface area (Å²) in [5.74, 6) is 0.904. The summed E-state index contributed by atoms with van der Waals surface area (Å²) in [4.78, 5) is 4.32. The van der Waals surface area contributed by atoms with Gasteiger partial charge in [-0.2, -0.15) is 5.10 Å². The van der Waals surface area contributed by atoms with Crippen molar-refractivity contribution in [2.24, 2.45) is 0 Å². The summed E-state index contributed by atoms with van der Waals surface area (Å²) < 4.78 is 1.88. The van der Waals surface area contributed by atoms with Crippen LogP contribution in [0.25, 0.3) is 0 Å². The molecule has 2 heterocycles. The summed E-state index contributed by atoms with van der Waals surface area (Å²) in [5, 5.41) is 8.17. The molecule has 0 spiro atoms. The average molecular weight is 251 g/mol. The molecule has 0 bridgehead atoms. The van der Waals surface area contributed by atoms with Crippen molar-refractivity contribution in [3.63, 3.8) is 0 Å². The van der Waals surface area contributed by atoms with Gasteiger partial charge in [0.25, 0.3) is 0 Å². The monoisotopic (exact) mass is 250 g/mol. The molecule has 0 saturated carbocycles. The Labute approximate surface area is 106 Å². The quantitative estimate of drug-likeness (QED) is 0.907. The van der Waals surface area contributed by atoms with E-state index in [1.807, 2.05) is 23.7 Å². The second-order valence-electron chi connectivity index (χ2n) is 3.78. The molecule has 2 aromatic heterocycles. The van der Waals surface area contributed by atoms with Gasteiger partial charge in [0.15, 0.2) is 0 Å². The van der Waals surface area contributed by atoms with Gasteiger partial charge < -0.3 is 5.32 Å². The Morgan fingerprint density at radius 1 is 1.47 bits per heavy atom. The number of pyridine rings is 1.